The van der Waals surface area contributed by atoms with Gasteiger partial charge in [0.25, 0.3) is 0 Å². The zero-order chi connectivity index (χ0) is 16.1. The van der Waals surface area contributed by atoms with E-state index < -0.39 is 0 Å². The number of halogens is 3. The van der Waals surface area contributed by atoms with Crippen molar-refractivity contribution in [2.45, 2.75) is 13.5 Å². The van der Waals surface area contributed by atoms with Crippen LogP contribution >= 0.6 is 51.5 Å². The lowest BCUT2D eigenvalue weighted by Gasteiger charge is -2.09. The van der Waals surface area contributed by atoms with Gasteiger partial charge in [-0.25, -0.2) is 4.99 Å². The third-order valence-electron chi connectivity index (χ3n) is 3.15. The molecule has 0 aliphatic heterocycles. The standard InChI is InChI=1S/C16H17BrClN3O.HI/c1-10-7-12(17)4-3-11(10)9-20-16(19)21-13-5-6-15(22-2)14(18)8-13;/h3-8H,9H2,1-2H3,(H3,19,20,21);1H. The number of benzene rings is 2. The van der Waals surface area contributed by atoms with E-state index in [0.29, 0.717) is 23.3 Å². The molecule has 0 aliphatic rings. The van der Waals surface area contributed by atoms with E-state index in [1.165, 1.54) is 5.56 Å². The van der Waals surface area contributed by atoms with Crippen LogP contribution in [0.5, 0.6) is 5.75 Å². The number of hydrogen-bond donors (Lipinski definition) is 2. The highest BCUT2D eigenvalue weighted by Crippen LogP contribution is 2.27. The predicted octanol–water partition coefficient (Wildman–Crippen LogP) is 4.96. The Balaban J connectivity index is 0.00000264. The van der Waals surface area contributed by atoms with Crippen LogP contribution in [-0.2, 0) is 6.54 Å². The van der Waals surface area contributed by atoms with Gasteiger partial charge < -0.3 is 15.8 Å². The van der Waals surface area contributed by atoms with Crippen LogP contribution in [0.1, 0.15) is 11.1 Å². The van der Waals surface area contributed by atoms with Crippen molar-refractivity contribution in [2.24, 2.45) is 10.7 Å². The molecule has 0 spiro atoms. The fourth-order valence-corrected chi connectivity index (χ4v) is 2.67. The summed E-state index contributed by atoms with van der Waals surface area (Å²) in [4.78, 5) is 4.35. The quantitative estimate of drug-likeness (QED) is 0.347. The van der Waals surface area contributed by atoms with Crippen molar-refractivity contribution in [3.8, 4) is 5.75 Å². The van der Waals surface area contributed by atoms with Crippen molar-refractivity contribution in [2.75, 3.05) is 12.4 Å². The van der Waals surface area contributed by atoms with Crippen LogP contribution in [0.4, 0.5) is 5.69 Å². The summed E-state index contributed by atoms with van der Waals surface area (Å²) in [6, 6.07) is 11.4. The number of aryl methyl sites for hydroxylation is 1. The first-order valence-electron chi connectivity index (χ1n) is 6.65. The first-order chi connectivity index (χ1) is 10.5. The largest absolute Gasteiger partial charge is 0.495 e. The van der Waals surface area contributed by atoms with Crippen LogP contribution in [0.3, 0.4) is 0 Å². The third kappa shape index (κ3) is 5.86. The number of methoxy groups -OCH3 is 1. The fraction of sp³-hybridized carbons (Fsp3) is 0.188. The molecule has 0 saturated carbocycles. The molecule has 124 valence electrons. The highest BCUT2D eigenvalue weighted by atomic mass is 127. The summed E-state index contributed by atoms with van der Waals surface area (Å²) in [5.74, 6) is 0.955. The van der Waals surface area contributed by atoms with Crippen molar-refractivity contribution < 1.29 is 4.74 Å². The summed E-state index contributed by atoms with van der Waals surface area (Å²) in [6.45, 7) is 2.56. The van der Waals surface area contributed by atoms with Crippen LogP contribution in [0.2, 0.25) is 5.02 Å². The zero-order valence-corrected chi connectivity index (χ0v) is 17.4. The number of nitrogens with two attached hydrogens (primary N) is 1. The Labute approximate surface area is 166 Å². The van der Waals surface area contributed by atoms with E-state index in [9.17, 15) is 0 Å². The number of guanidine groups is 1. The molecular weight excluding hydrogens is 492 g/mol. The topological polar surface area (TPSA) is 59.6 Å². The van der Waals surface area contributed by atoms with Gasteiger partial charge in [0, 0.05) is 10.2 Å². The fourth-order valence-electron chi connectivity index (χ4n) is 1.94. The first-order valence-corrected chi connectivity index (χ1v) is 7.82. The maximum absolute atomic E-state index is 6.07. The van der Waals surface area contributed by atoms with Gasteiger partial charge in [-0.2, -0.15) is 0 Å². The second-order valence-corrected chi connectivity index (χ2v) is 6.07. The Kier molecular flexibility index (Phi) is 8.15. The van der Waals surface area contributed by atoms with Gasteiger partial charge in [0.1, 0.15) is 5.75 Å². The third-order valence-corrected chi connectivity index (χ3v) is 3.94. The SMILES string of the molecule is COc1ccc(NC(N)=NCc2ccc(Br)cc2C)cc1Cl.I. The highest BCUT2D eigenvalue weighted by molar-refractivity contribution is 14.0. The molecule has 0 radical (unpaired) electrons. The van der Waals surface area contributed by atoms with Crippen molar-refractivity contribution >= 4 is 63.2 Å². The first kappa shape index (κ1) is 20.1. The summed E-state index contributed by atoms with van der Waals surface area (Å²) in [7, 11) is 1.57. The van der Waals surface area contributed by atoms with Crippen molar-refractivity contribution in [1.29, 1.82) is 0 Å². The van der Waals surface area contributed by atoms with Crippen molar-refractivity contribution in [3.63, 3.8) is 0 Å². The summed E-state index contributed by atoms with van der Waals surface area (Å²) < 4.78 is 6.16. The minimum absolute atomic E-state index is 0. The van der Waals surface area contributed by atoms with E-state index in [0.717, 1.165) is 15.7 Å². The molecule has 7 heteroatoms. The molecule has 2 rings (SSSR count). The van der Waals surface area contributed by atoms with Crippen molar-refractivity contribution in [1.82, 2.24) is 0 Å². The lowest BCUT2D eigenvalue weighted by atomic mass is 10.1. The molecule has 2 aromatic rings. The number of aliphatic imine (C=N–C) groups is 1. The molecule has 2 aromatic carbocycles. The Morgan fingerprint density at radius 1 is 1.30 bits per heavy atom. The number of nitrogens with zero attached hydrogens (tertiary/aromatic N) is 1. The molecule has 0 aromatic heterocycles. The number of nitrogens with one attached hydrogen (secondary N) is 1. The second-order valence-electron chi connectivity index (χ2n) is 4.75. The van der Waals surface area contributed by atoms with E-state index in [1.54, 1.807) is 19.2 Å². The monoisotopic (exact) mass is 509 g/mol. The molecular formula is C16H18BrClIN3O. The average Bonchev–Trinajstić information content (AvgIpc) is 2.46. The predicted molar refractivity (Wildman–Crippen MR) is 111 cm³/mol. The summed E-state index contributed by atoms with van der Waals surface area (Å²) in [5.41, 5.74) is 8.96. The van der Waals surface area contributed by atoms with E-state index in [1.807, 2.05) is 25.1 Å². The second kappa shape index (κ2) is 9.34. The van der Waals surface area contributed by atoms with Crippen LogP contribution in [0.15, 0.2) is 45.9 Å². The van der Waals surface area contributed by atoms with E-state index in [-0.39, 0.29) is 24.0 Å². The normalized spacial score (nSPS) is 10.9. The average molecular weight is 511 g/mol. The summed E-state index contributed by atoms with van der Waals surface area (Å²) in [6.07, 6.45) is 0. The van der Waals surface area contributed by atoms with E-state index in [4.69, 9.17) is 22.1 Å². The summed E-state index contributed by atoms with van der Waals surface area (Å²) in [5, 5.41) is 3.53. The summed E-state index contributed by atoms with van der Waals surface area (Å²) >= 11 is 9.51. The maximum Gasteiger partial charge on any atom is 0.193 e. The maximum atomic E-state index is 6.07. The molecule has 4 nitrogen and oxygen atoms in total. The molecule has 3 N–H and O–H groups in total. The van der Waals surface area contributed by atoms with Crippen LogP contribution in [-0.4, -0.2) is 13.1 Å². The Bertz CT molecular complexity index is 710. The minimum atomic E-state index is 0. The smallest absolute Gasteiger partial charge is 0.193 e. The van der Waals surface area contributed by atoms with Gasteiger partial charge in [-0.05, 0) is 48.4 Å². The van der Waals surface area contributed by atoms with Gasteiger partial charge in [-0.1, -0.05) is 33.6 Å². The molecule has 23 heavy (non-hydrogen) atoms. The van der Waals surface area contributed by atoms with Gasteiger partial charge in [0.2, 0.25) is 0 Å². The Morgan fingerprint density at radius 2 is 2.04 bits per heavy atom. The lowest BCUT2D eigenvalue weighted by molar-refractivity contribution is 0.415. The van der Waals surface area contributed by atoms with Gasteiger partial charge in [-0.15, -0.1) is 24.0 Å². The number of rotatable bonds is 4. The molecule has 0 heterocycles. The van der Waals surface area contributed by atoms with Gasteiger partial charge in [-0.3, -0.25) is 0 Å². The molecule has 0 amide bonds. The Hall–Kier alpha value is -0.990. The van der Waals surface area contributed by atoms with E-state index >= 15 is 0 Å². The minimum Gasteiger partial charge on any atom is -0.495 e. The van der Waals surface area contributed by atoms with Gasteiger partial charge in [0.15, 0.2) is 5.96 Å². The molecule has 0 saturated heterocycles. The van der Waals surface area contributed by atoms with Crippen LogP contribution in [0.25, 0.3) is 0 Å². The number of anilines is 1. The van der Waals surface area contributed by atoms with Crippen molar-refractivity contribution in [3.05, 3.63) is 57.0 Å². The Morgan fingerprint density at radius 3 is 2.65 bits per heavy atom. The highest BCUT2D eigenvalue weighted by Gasteiger charge is 2.03. The molecule has 0 aliphatic carbocycles. The van der Waals surface area contributed by atoms with Gasteiger partial charge in [0.05, 0.1) is 18.7 Å². The molecule has 0 unspecified atom stereocenters. The molecule has 0 fully saturated rings. The van der Waals surface area contributed by atoms with Crippen LogP contribution < -0.4 is 15.8 Å². The van der Waals surface area contributed by atoms with Gasteiger partial charge >= 0.3 is 0 Å². The van der Waals surface area contributed by atoms with E-state index in [2.05, 4.69) is 32.3 Å². The zero-order valence-electron chi connectivity index (χ0n) is 12.8. The molecule has 0 bridgehead atoms. The van der Waals surface area contributed by atoms with Crippen LogP contribution in [0, 0.1) is 6.92 Å². The number of hydrogen-bond acceptors (Lipinski definition) is 2. The number of ether oxygens (including phenoxy) is 1. The lowest BCUT2D eigenvalue weighted by Crippen LogP contribution is -2.22. The molecule has 0 atom stereocenters.